The number of nitrogens with zero attached hydrogens (tertiary/aromatic N) is 2. The first kappa shape index (κ1) is 23.1. The molecule has 0 aromatic heterocycles. The summed E-state index contributed by atoms with van der Waals surface area (Å²) in [7, 11) is 1.34. The fourth-order valence-electron chi connectivity index (χ4n) is 4.08. The Kier molecular flexibility index (Phi) is 6.67. The van der Waals surface area contributed by atoms with Crippen LogP contribution in [0.3, 0.4) is 0 Å². The number of hydrogen-bond acceptors (Lipinski definition) is 6. The van der Waals surface area contributed by atoms with E-state index in [1.807, 2.05) is 6.07 Å². The molecule has 2 heterocycles. The Bertz CT molecular complexity index is 1180. The maximum atomic E-state index is 13.1. The number of halogens is 1. The third-order valence-corrected chi connectivity index (χ3v) is 5.79. The van der Waals surface area contributed by atoms with Crippen molar-refractivity contribution in [1.29, 1.82) is 0 Å². The Morgan fingerprint density at radius 3 is 2.62 bits per heavy atom. The van der Waals surface area contributed by atoms with Crippen molar-refractivity contribution in [2.45, 2.75) is 38.4 Å². The lowest BCUT2D eigenvalue weighted by Gasteiger charge is -2.29. The molecule has 10 heteroatoms. The van der Waals surface area contributed by atoms with Gasteiger partial charge < -0.3 is 15.1 Å². The second kappa shape index (κ2) is 9.82. The van der Waals surface area contributed by atoms with E-state index >= 15 is 0 Å². The van der Waals surface area contributed by atoms with Crippen LogP contribution in [0.5, 0.6) is 0 Å². The van der Waals surface area contributed by atoms with Crippen molar-refractivity contribution in [1.82, 2.24) is 15.5 Å². The van der Waals surface area contributed by atoms with Gasteiger partial charge in [-0.1, -0.05) is 29.4 Å². The number of benzene rings is 2. The highest BCUT2D eigenvalue weighted by Gasteiger charge is 2.39. The Labute approximate surface area is 194 Å². The second-order valence-electron chi connectivity index (χ2n) is 8.10. The Morgan fingerprint density at radius 1 is 1.18 bits per heavy atom. The highest BCUT2D eigenvalue weighted by atomic mass is 19.1. The van der Waals surface area contributed by atoms with E-state index in [1.54, 1.807) is 24.3 Å². The molecule has 0 bridgehead atoms. The largest absolute Gasteiger partial charge is 0.399 e. The molecule has 9 nitrogen and oxygen atoms in total. The Morgan fingerprint density at radius 2 is 1.91 bits per heavy atom. The van der Waals surface area contributed by atoms with Gasteiger partial charge in [-0.15, -0.1) is 0 Å². The number of carbonyl (C=O) groups is 4. The first-order valence-corrected chi connectivity index (χ1v) is 10.7. The summed E-state index contributed by atoms with van der Waals surface area (Å²) >= 11 is 0. The molecule has 4 amide bonds. The predicted molar refractivity (Wildman–Crippen MR) is 119 cm³/mol. The van der Waals surface area contributed by atoms with Gasteiger partial charge in [0.1, 0.15) is 24.7 Å². The van der Waals surface area contributed by atoms with E-state index in [4.69, 9.17) is 4.84 Å². The zero-order chi connectivity index (χ0) is 24.2. The molecule has 1 unspecified atom stereocenters. The summed E-state index contributed by atoms with van der Waals surface area (Å²) in [6.45, 7) is 0.439. The number of nitrogens with one attached hydrogen (secondary N) is 2. The van der Waals surface area contributed by atoms with Gasteiger partial charge in [-0.05, 0) is 41.3 Å². The fraction of sp³-hybridized carbons (Fsp3) is 0.292. The smallest absolute Gasteiger partial charge is 0.269 e. The Balaban J connectivity index is 1.40. The average Bonchev–Trinajstić information content (AvgIpc) is 3.14. The van der Waals surface area contributed by atoms with Crippen LogP contribution in [0.15, 0.2) is 47.6 Å². The lowest BCUT2D eigenvalue weighted by atomic mass is 10.0. The van der Waals surface area contributed by atoms with E-state index in [0.717, 1.165) is 11.1 Å². The van der Waals surface area contributed by atoms with Crippen molar-refractivity contribution in [3.8, 4) is 0 Å². The number of imide groups is 1. The topological polar surface area (TPSA) is 117 Å². The number of hydrogen-bond donors (Lipinski definition) is 2. The normalized spacial score (nSPS) is 17.9. The molecule has 2 aromatic rings. The molecule has 1 saturated heterocycles. The van der Waals surface area contributed by atoms with E-state index in [9.17, 15) is 23.6 Å². The third kappa shape index (κ3) is 4.95. The quantitative estimate of drug-likeness (QED) is 0.364. The average molecular weight is 466 g/mol. The van der Waals surface area contributed by atoms with Crippen molar-refractivity contribution in [3.05, 3.63) is 70.5 Å². The third-order valence-electron chi connectivity index (χ3n) is 5.79. The summed E-state index contributed by atoms with van der Waals surface area (Å²) in [5.74, 6) is -1.86. The van der Waals surface area contributed by atoms with Gasteiger partial charge in [0.05, 0.1) is 0 Å². The number of oxime groups is 1. The van der Waals surface area contributed by atoms with E-state index in [0.29, 0.717) is 17.5 Å². The van der Waals surface area contributed by atoms with E-state index in [-0.39, 0.29) is 49.3 Å². The summed E-state index contributed by atoms with van der Waals surface area (Å²) in [5, 5.41) is 8.85. The lowest BCUT2D eigenvalue weighted by molar-refractivity contribution is -0.137. The minimum Gasteiger partial charge on any atom is -0.399 e. The maximum absolute atomic E-state index is 13.1. The van der Waals surface area contributed by atoms with Crippen LogP contribution >= 0.6 is 0 Å². The SMILES string of the molecule is CO/N=C(\Cc1ccc(F)cc1)C(=O)NCc1ccc2c(c1)CN(C1CCC(=O)NC1=O)C2=O. The zero-order valence-electron chi connectivity index (χ0n) is 18.5. The summed E-state index contributed by atoms with van der Waals surface area (Å²) in [6.07, 6.45) is 0.652. The monoisotopic (exact) mass is 466 g/mol. The minimum atomic E-state index is -0.681. The summed E-state index contributed by atoms with van der Waals surface area (Å²) in [5.41, 5.74) is 2.85. The van der Waals surface area contributed by atoms with Crippen LogP contribution in [0.2, 0.25) is 0 Å². The van der Waals surface area contributed by atoms with Gasteiger partial charge in [0.15, 0.2) is 0 Å². The molecule has 2 aliphatic heterocycles. The molecule has 4 rings (SSSR count). The van der Waals surface area contributed by atoms with Crippen molar-refractivity contribution < 1.29 is 28.4 Å². The Hall–Kier alpha value is -4.08. The number of carbonyl (C=O) groups excluding carboxylic acids is 4. The van der Waals surface area contributed by atoms with Crippen LogP contribution in [-0.2, 0) is 38.7 Å². The van der Waals surface area contributed by atoms with E-state index < -0.39 is 17.9 Å². The van der Waals surface area contributed by atoms with Gasteiger partial charge >= 0.3 is 0 Å². The minimum absolute atomic E-state index is 0.134. The summed E-state index contributed by atoms with van der Waals surface area (Å²) in [6, 6.07) is 10.3. The van der Waals surface area contributed by atoms with Crippen molar-refractivity contribution in [2.24, 2.45) is 5.16 Å². The van der Waals surface area contributed by atoms with Gasteiger partial charge in [0.2, 0.25) is 11.8 Å². The molecule has 0 radical (unpaired) electrons. The van der Waals surface area contributed by atoms with Crippen LogP contribution in [0.25, 0.3) is 0 Å². The van der Waals surface area contributed by atoms with E-state index in [2.05, 4.69) is 15.8 Å². The highest BCUT2D eigenvalue weighted by Crippen LogP contribution is 2.28. The molecular formula is C24H23FN4O5. The number of piperidine rings is 1. The molecule has 1 fully saturated rings. The first-order chi connectivity index (χ1) is 16.4. The van der Waals surface area contributed by atoms with Gasteiger partial charge in [-0.3, -0.25) is 24.5 Å². The molecule has 176 valence electrons. The molecule has 0 spiro atoms. The van der Waals surface area contributed by atoms with Crippen LogP contribution in [-0.4, -0.2) is 47.4 Å². The van der Waals surface area contributed by atoms with Crippen molar-refractivity contribution in [2.75, 3.05) is 7.11 Å². The van der Waals surface area contributed by atoms with Crippen LogP contribution in [0.1, 0.15) is 39.9 Å². The van der Waals surface area contributed by atoms with Crippen LogP contribution in [0.4, 0.5) is 4.39 Å². The number of fused-ring (bicyclic) bond motifs is 1. The molecule has 2 N–H and O–H groups in total. The molecule has 34 heavy (non-hydrogen) atoms. The van der Waals surface area contributed by atoms with Crippen LogP contribution in [0, 0.1) is 5.82 Å². The second-order valence-corrected chi connectivity index (χ2v) is 8.10. The summed E-state index contributed by atoms with van der Waals surface area (Å²) < 4.78 is 13.1. The number of rotatable bonds is 7. The lowest BCUT2D eigenvalue weighted by Crippen LogP contribution is -2.52. The van der Waals surface area contributed by atoms with Gasteiger partial charge in [0, 0.05) is 31.5 Å². The van der Waals surface area contributed by atoms with Crippen LogP contribution < -0.4 is 10.6 Å². The van der Waals surface area contributed by atoms with Gasteiger partial charge in [-0.2, -0.15) is 0 Å². The molecule has 0 saturated carbocycles. The zero-order valence-corrected chi connectivity index (χ0v) is 18.5. The predicted octanol–water partition coefficient (Wildman–Crippen LogP) is 1.45. The van der Waals surface area contributed by atoms with Gasteiger partial charge in [0.25, 0.3) is 11.8 Å². The fourth-order valence-corrected chi connectivity index (χ4v) is 4.08. The molecule has 2 aliphatic rings. The maximum Gasteiger partial charge on any atom is 0.269 e. The highest BCUT2D eigenvalue weighted by molar-refractivity contribution is 6.39. The standard InChI is InChI=1S/C24H23FN4O5/c1-34-28-19(11-14-2-5-17(25)6-3-14)22(31)26-12-15-4-7-18-16(10-15)13-29(24(18)33)20-8-9-21(30)27-23(20)32/h2-7,10,20H,8-9,11-13H2,1H3,(H,26,31)(H,27,30,32)/b28-19+. The van der Waals surface area contributed by atoms with Crippen molar-refractivity contribution in [3.63, 3.8) is 0 Å². The van der Waals surface area contributed by atoms with Crippen molar-refractivity contribution >= 4 is 29.3 Å². The molecule has 2 aromatic carbocycles. The number of amides is 4. The first-order valence-electron chi connectivity index (χ1n) is 10.7. The molecule has 0 aliphatic carbocycles. The molecular weight excluding hydrogens is 443 g/mol. The van der Waals surface area contributed by atoms with E-state index in [1.165, 1.54) is 24.1 Å². The van der Waals surface area contributed by atoms with Gasteiger partial charge in [-0.25, -0.2) is 4.39 Å². The molecule has 1 atom stereocenters. The summed E-state index contributed by atoms with van der Waals surface area (Å²) in [4.78, 5) is 55.3.